The van der Waals surface area contributed by atoms with Crippen molar-refractivity contribution in [3.8, 4) is 0 Å². The molecule has 2 N–H and O–H groups in total. The van der Waals surface area contributed by atoms with E-state index in [2.05, 4.69) is 43.2 Å². The molecule has 1 atom stereocenters. The van der Waals surface area contributed by atoms with Crippen molar-refractivity contribution < 1.29 is 9.59 Å². The Labute approximate surface area is 161 Å². The number of carbonyl (C=O) groups is 2. The zero-order valence-electron chi connectivity index (χ0n) is 17.3. The van der Waals surface area contributed by atoms with Gasteiger partial charge in [-0.2, -0.15) is 0 Å². The molecular formula is C22H31N3O2. The van der Waals surface area contributed by atoms with Crippen LogP contribution in [-0.2, 0) is 22.6 Å². The second-order valence-electron chi connectivity index (χ2n) is 8.72. The molecule has 3 rings (SSSR count). The number of aromatic amines is 1. The fourth-order valence-corrected chi connectivity index (χ4v) is 4.06. The number of aryl methyl sites for hydroxylation is 3. The van der Waals surface area contributed by atoms with Crippen molar-refractivity contribution in [1.82, 2.24) is 15.2 Å². The van der Waals surface area contributed by atoms with Gasteiger partial charge >= 0.3 is 0 Å². The minimum absolute atomic E-state index is 0.0382. The van der Waals surface area contributed by atoms with E-state index in [1.54, 1.807) is 0 Å². The van der Waals surface area contributed by atoms with E-state index in [1.807, 2.05) is 25.7 Å². The van der Waals surface area contributed by atoms with Crippen LogP contribution in [0.3, 0.4) is 0 Å². The third kappa shape index (κ3) is 3.73. The van der Waals surface area contributed by atoms with Crippen LogP contribution in [0.25, 0.3) is 10.9 Å². The first-order valence-corrected chi connectivity index (χ1v) is 9.80. The molecule has 2 amide bonds. The number of nitrogens with zero attached hydrogens (tertiary/aromatic N) is 1. The lowest BCUT2D eigenvalue weighted by molar-refractivity contribution is -0.132. The Kier molecular flexibility index (Phi) is 5.06. The quantitative estimate of drug-likeness (QED) is 0.865. The number of hydrogen-bond donors (Lipinski definition) is 2. The number of carbonyl (C=O) groups excluding carboxylic acids is 2. The molecule has 1 aliphatic heterocycles. The highest BCUT2D eigenvalue weighted by Crippen LogP contribution is 2.28. The van der Waals surface area contributed by atoms with Crippen LogP contribution in [-0.4, -0.2) is 33.8 Å². The first-order chi connectivity index (χ1) is 12.6. The van der Waals surface area contributed by atoms with Gasteiger partial charge in [-0.1, -0.05) is 18.6 Å². The van der Waals surface area contributed by atoms with Gasteiger partial charge in [0.2, 0.25) is 11.8 Å². The number of hydrogen-bond acceptors (Lipinski definition) is 2. The average molecular weight is 370 g/mol. The molecule has 1 aromatic heterocycles. The fraction of sp³-hybridized carbons (Fsp3) is 0.545. The Morgan fingerprint density at radius 2 is 2.00 bits per heavy atom. The predicted molar refractivity (Wildman–Crippen MR) is 109 cm³/mol. The first kappa shape index (κ1) is 19.5. The van der Waals surface area contributed by atoms with Crippen LogP contribution in [0.2, 0.25) is 0 Å². The maximum Gasteiger partial charge on any atom is 0.225 e. The minimum Gasteiger partial charge on any atom is -0.358 e. The molecule has 0 unspecified atom stereocenters. The molecule has 0 radical (unpaired) electrons. The number of nitrogens with one attached hydrogen (secondary N) is 2. The predicted octanol–water partition coefficient (Wildman–Crippen LogP) is 3.61. The van der Waals surface area contributed by atoms with E-state index >= 15 is 0 Å². The average Bonchev–Trinajstić information content (AvgIpc) is 3.13. The highest BCUT2D eigenvalue weighted by atomic mass is 16.2. The van der Waals surface area contributed by atoms with Crippen LogP contribution >= 0.6 is 0 Å². The van der Waals surface area contributed by atoms with E-state index in [1.165, 1.54) is 22.2 Å². The van der Waals surface area contributed by atoms with Crippen molar-refractivity contribution >= 4 is 22.7 Å². The van der Waals surface area contributed by atoms with Gasteiger partial charge in [0.1, 0.15) is 0 Å². The number of benzene rings is 1. The summed E-state index contributed by atoms with van der Waals surface area (Å²) in [5.74, 6) is -0.245. The number of aromatic nitrogens is 1. The molecule has 0 aliphatic carbocycles. The lowest BCUT2D eigenvalue weighted by Gasteiger charge is -2.31. The third-order valence-corrected chi connectivity index (χ3v) is 5.61. The molecule has 146 valence electrons. The number of H-pyrrole nitrogens is 1. The number of amides is 2. The summed E-state index contributed by atoms with van der Waals surface area (Å²) in [6.45, 7) is 13.4. The summed E-state index contributed by atoms with van der Waals surface area (Å²) in [5, 5.41) is 4.29. The van der Waals surface area contributed by atoms with Crippen molar-refractivity contribution in [2.75, 3.05) is 6.54 Å². The molecule has 5 heteroatoms. The standard InChI is InChI=1S/C22H31N3O2/c1-7-18-14(3)17-9-13(2)8-15(20(17)24-18)11-23-21(27)16-10-19(26)25(12-16)22(4,5)6/h8-9,16,24H,7,10-12H2,1-6H3,(H,23,27)/t16-/m0/s1. The van der Waals surface area contributed by atoms with Gasteiger partial charge in [0.15, 0.2) is 0 Å². The summed E-state index contributed by atoms with van der Waals surface area (Å²) < 4.78 is 0. The van der Waals surface area contributed by atoms with E-state index in [9.17, 15) is 9.59 Å². The largest absolute Gasteiger partial charge is 0.358 e. The van der Waals surface area contributed by atoms with Crippen LogP contribution in [0.4, 0.5) is 0 Å². The van der Waals surface area contributed by atoms with Gasteiger partial charge in [-0.25, -0.2) is 0 Å². The van der Waals surface area contributed by atoms with Crippen LogP contribution in [0.5, 0.6) is 0 Å². The summed E-state index contributed by atoms with van der Waals surface area (Å²) in [6.07, 6.45) is 1.26. The number of fused-ring (bicyclic) bond motifs is 1. The zero-order valence-corrected chi connectivity index (χ0v) is 17.3. The van der Waals surface area contributed by atoms with Gasteiger partial charge in [0, 0.05) is 36.1 Å². The summed E-state index contributed by atoms with van der Waals surface area (Å²) in [4.78, 5) is 30.3. The molecule has 5 nitrogen and oxygen atoms in total. The van der Waals surface area contributed by atoms with E-state index in [-0.39, 0.29) is 23.3 Å². The van der Waals surface area contributed by atoms with Crippen molar-refractivity contribution in [1.29, 1.82) is 0 Å². The van der Waals surface area contributed by atoms with E-state index in [0.717, 1.165) is 17.5 Å². The van der Waals surface area contributed by atoms with E-state index in [0.29, 0.717) is 19.5 Å². The highest BCUT2D eigenvalue weighted by molar-refractivity contribution is 5.91. The molecule has 1 aromatic carbocycles. The SMILES string of the molecule is CCc1[nH]c2c(CNC(=O)[C@H]3CC(=O)N(C(C)(C)C)C3)cc(C)cc2c1C. The molecule has 27 heavy (non-hydrogen) atoms. The Bertz CT molecular complexity index is 889. The van der Waals surface area contributed by atoms with E-state index < -0.39 is 0 Å². The number of likely N-dealkylation sites (tertiary alicyclic amines) is 1. The molecule has 2 heterocycles. The summed E-state index contributed by atoms with van der Waals surface area (Å²) >= 11 is 0. The Morgan fingerprint density at radius 3 is 2.59 bits per heavy atom. The summed E-state index contributed by atoms with van der Waals surface area (Å²) in [5.41, 5.74) is 5.67. The third-order valence-electron chi connectivity index (χ3n) is 5.61. The maximum absolute atomic E-state index is 12.7. The second-order valence-corrected chi connectivity index (χ2v) is 8.72. The molecule has 0 bridgehead atoms. The van der Waals surface area contributed by atoms with Crippen LogP contribution in [0.15, 0.2) is 12.1 Å². The Balaban J connectivity index is 1.76. The number of rotatable bonds is 4. The van der Waals surface area contributed by atoms with Gasteiger partial charge in [-0.05, 0) is 58.2 Å². The van der Waals surface area contributed by atoms with Gasteiger partial charge < -0.3 is 15.2 Å². The smallest absolute Gasteiger partial charge is 0.225 e. The minimum atomic E-state index is -0.270. The molecule has 2 aromatic rings. The van der Waals surface area contributed by atoms with Crippen molar-refractivity contribution in [2.45, 2.75) is 66.5 Å². The maximum atomic E-state index is 12.7. The zero-order chi connectivity index (χ0) is 19.9. The first-order valence-electron chi connectivity index (χ1n) is 9.80. The molecule has 1 fully saturated rings. The fourth-order valence-electron chi connectivity index (χ4n) is 4.06. The molecule has 0 saturated carbocycles. The second kappa shape index (κ2) is 7.02. The van der Waals surface area contributed by atoms with Crippen LogP contribution < -0.4 is 5.32 Å². The lowest BCUT2D eigenvalue weighted by atomic mass is 10.0. The topological polar surface area (TPSA) is 65.2 Å². The normalized spacial score (nSPS) is 17.8. The van der Waals surface area contributed by atoms with Crippen LogP contribution in [0.1, 0.15) is 56.5 Å². The summed E-state index contributed by atoms with van der Waals surface area (Å²) in [7, 11) is 0. The van der Waals surface area contributed by atoms with E-state index in [4.69, 9.17) is 0 Å². The van der Waals surface area contributed by atoms with Crippen molar-refractivity contribution in [3.63, 3.8) is 0 Å². The lowest BCUT2D eigenvalue weighted by Crippen LogP contribution is -2.43. The van der Waals surface area contributed by atoms with Gasteiger partial charge in [-0.3, -0.25) is 9.59 Å². The molecule has 1 saturated heterocycles. The molecular weight excluding hydrogens is 338 g/mol. The highest BCUT2D eigenvalue weighted by Gasteiger charge is 2.39. The van der Waals surface area contributed by atoms with Crippen molar-refractivity contribution in [3.05, 3.63) is 34.5 Å². The van der Waals surface area contributed by atoms with Gasteiger partial charge in [0.25, 0.3) is 0 Å². The van der Waals surface area contributed by atoms with Gasteiger partial charge in [-0.15, -0.1) is 0 Å². The van der Waals surface area contributed by atoms with Gasteiger partial charge in [0.05, 0.1) is 11.4 Å². The van der Waals surface area contributed by atoms with Crippen molar-refractivity contribution in [2.24, 2.45) is 5.92 Å². The Morgan fingerprint density at radius 1 is 1.30 bits per heavy atom. The van der Waals surface area contributed by atoms with Crippen LogP contribution in [0, 0.1) is 19.8 Å². The summed E-state index contributed by atoms with van der Waals surface area (Å²) in [6, 6.07) is 4.32. The molecule has 1 aliphatic rings. The monoisotopic (exact) mass is 369 g/mol. The molecule has 0 spiro atoms. The Hall–Kier alpha value is -2.30.